The van der Waals surface area contributed by atoms with Crippen LogP contribution in [0.3, 0.4) is 0 Å². The Labute approximate surface area is 110 Å². The first-order chi connectivity index (χ1) is 8.54. The van der Waals surface area contributed by atoms with Gasteiger partial charge in [0, 0.05) is 23.6 Å². The van der Waals surface area contributed by atoms with Crippen LogP contribution in [0.25, 0.3) is 0 Å². The van der Waals surface area contributed by atoms with Crippen molar-refractivity contribution in [2.45, 2.75) is 18.6 Å². The number of hydrogen-bond acceptors (Lipinski definition) is 8. The highest BCUT2D eigenvalue weighted by molar-refractivity contribution is 8.00. The molecule has 1 aromatic rings. The molecule has 0 aliphatic carbocycles. The van der Waals surface area contributed by atoms with Gasteiger partial charge < -0.3 is 9.64 Å². The van der Waals surface area contributed by atoms with Gasteiger partial charge >= 0.3 is 6.01 Å². The molecular weight excluding hydrogens is 252 g/mol. The lowest BCUT2D eigenvalue weighted by Crippen LogP contribution is -2.44. The van der Waals surface area contributed by atoms with Gasteiger partial charge in [-0.15, -0.1) is 0 Å². The quantitative estimate of drug-likeness (QED) is 0.606. The summed E-state index contributed by atoms with van der Waals surface area (Å²) >= 11 is 1.95. The van der Waals surface area contributed by atoms with E-state index in [1.165, 1.54) is 7.11 Å². The molecule has 0 atom stereocenters. The lowest BCUT2D eigenvalue weighted by atomic mass is 10.2. The van der Waals surface area contributed by atoms with Crippen LogP contribution in [0.15, 0.2) is 0 Å². The standard InChI is InChI=1S/C10H18N6OS/c1-10(2)6-16(4-5-18-10)8-12-7(15-11)13-9(14-8)17-3/h4-6,11H2,1-3H3,(H,12,13,14,15). The maximum atomic E-state index is 5.34. The van der Waals surface area contributed by atoms with Crippen LogP contribution in [0.1, 0.15) is 13.8 Å². The second-order valence-corrected chi connectivity index (χ2v) is 6.42. The van der Waals surface area contributed by atoms with Gasteiger partial charge in [-0.05, 0) is 13.8 Å². The van der Waals surface area contributed by atoms with Crippen LogP contribution >= 0.6 is 11.8 Å². The number of nitrogens with one attached hydrogen (secondary N) is 1. The molecule has 1 fully saturated rings. The van der Waals surface area contributed by atoms with Gasteiger partial charge in [0.1, 0.15) is 0 Å². The number of hydrogen-bond donors (Lipinski definition) is 2. The number of anilines is 2. The number of hydrazine groups is 1. The molecule has 0 aromatic carbocycles. The van der Waals surface area contributed by atoms with Crippen LogP contribution in [0, 0.1) is 0 Å². The van der Waals surface area contributed by atoms with Gasteiger partial charge in [-0.2, -0.15) is 26.7 Å². The molecule has 0 unspecified atom stereocenters. The Morgan fingerprint density at radius 3 is 2.78 bits per heavy atom. The SMILES string of the molecule is COc1nc(NN)nc(N2CCSC(C)(C)C2)n1. The van der Waals surface area contributed by atoms with E-state index < -0.39 is 0 Å². The van der Waals surface area contributed by atoms with E-state index in [1.807, 2.05) is 11.8 Å². The van der Waals surface area contributed by atoms with E-state index in [0.29, 0.717) is 11.9 Å². The smallest absolute Gasteiger partial charge is 0.322 e. The zero-order chi connectivity index (χ0) is 13.2. The average Bonchev–Trinajstić information content (AvgIpc) is 2.37. The van der Waals surface area contributed by atoms with E-state index >= 15 is 0 Å². The first kappa shape index (κ1) is 13.2. The number of thioether (sulfide) groups is 1. The molecule has 0 radical (unpaired) electrons. The minimum Gasteiger partial charge on any atom is -0.467 e. The highest BCUT2D eigenvalue weighted by Gasteiger charge is 2.29. The van der Waals surface area contributed by atoms with Crippen molar-refractivity contribution in [3.63, 3.8) is 0 Å². The Hall–Kier alpha value is -1.28. The van der Waals surface area contributed by atoms with Crippen molar-refractivity contribution in [1.82, 2.24) is 15.0 Å². The molecule has 0 spiro atoms. The maximum Gasteiger partial charge on any atom is 0.322 e. The fraction of sp³-hybridized carbons (Fsp3) is 0.700. The van der Waals surface area contributed by atoms with Crippen LogP contribution in [0.5, 0.6) is 6.01 Å². The summed E-state index contributed by atoms with van der Waals surface area (Å²) in [5.41, 5.74) is 2.43. The summed E-state index contributed by atoms with van der Waals surface area (Å²) in [6.07, 6.45) is 0. The zero-order valence-corrected chi connectivity index (χ0v) is 11.6. The average molecular weight is 270 g/mol. The minimum atomic E-state index is 0.189. The number of aromatic nitrogens is 3. The summed E-state index contributed by atoms with van der Waals surface area (Å²) in [6.45, 7) is 6.22. The van der Waals surface area contributed by atoms with E-state index in [-0.39, 0.29) is 10.8 Å². The second kappa shape index (κ2) is 5.15. The predicted molar refractivity (Wildman–Crippen MR) is 72.9 cm³/mol. The fourth-order valence-corrected chi connectivity index (χ4v) is 2.94. The zero-order valence-electron chi connectivity index (χ0n) is 10.8. The van der Waals surface area contributed by atoms with Gasteiger partial charge in [-0.3, -0.25) is 5.43 Å². The van der Waals surface area contributed by atoms with E-state index in [1.54, 1.807) is 0 Å². The molecule has 1 saturated heterocycles. The van der Waals surface area contributed by atoms with Crippen molar-refractivity contribution in [3.05, 3.63) is 0 Å². The van der Waals surface area contributed by atoms with Crippen LogP contribution in [0.4, 0.5) is 11.9 Å². The van der Waals surface area contributed by atoms with Gasteiger partial charge in [0.25, 0.3) is 0 Å². The van der Waals surface area contributed by atoms with Crippen LogP contribution in [0.2, 0.25) is 0 Å². The first-order valence-corrected chi connectivity index (χ1v) is 6.68. The van der Waals surface area contributed by atoms with Crippen molar-refractivity contribution in [2.75, 3.05) is 36.3 Å². The van der Waals surface area contributed by atoms with Crippen molar-refractivity contribution in [2.24, 2.45) is 5.84 Å². The molecule has 1 aliphatic heterocycles. The monoisotopic (exact) mass is 270 g/mol. The molecule has 0 amide bonds. The molecule has 1 aliphatic rings. The topological polar surface area (TPSA) is 89.2 Å². The summed E-state index contributed by atoms with van der Waals surface area (Å²) in [6, 6.07) is 0.268. The Morgan fingerprint density at radius 1 is 1.39 bits per heavy atom. The van der Waals surface area contributed by atoms with Gasteiger partial charge in [0.15, 0.2) is 0 Å². The summed E-state index contributed by atoms with van der Waals surface area (Å²) < 4.78 is 5.24. The van der Waals surface area contributed by atoms with Crippen molar-refractivity contribution < 1.29 is 4.74 Å². The molecule has 8 heteroatoms. The highest BCUT2D eigenvalue weighted by atomic mass is 32.2. The Kier molecular flexibility index (Phi) is 3.76. The Morgan fingerprint density at radius 2 is 2.17 bits per heavy atom. The second-order valence-electron chi connectivity index (χ2n) is 4.62. The summed E-state index contributed by atoms with van der Waals surface area (Å²) in [5.74, 6) is 7.31. The summed E-state index contributed by atoms with van der Waals surface area (Å²) in [5, 5.41) is 0. The third kappa shape index (κ3) is 2.94. The summed E-state index contributed by atoms with van der Waals surface area (Å²) in [4.78, 5) is 14.6. The molecule has 3 N–H and O–H groups in total. The molecule has 18 heavy (non-hydrogen) atoms. The van der Waals surface area contributed by atoms with Gasteiger partial charge in [0.2, 0.25) is 11.9 Å². The molecular formula is C10H18N6OS. The van der Waals surface area contributed by atoms with E-state index in [9.17, 15) is 0 Å². The minimum absolute atomic E-state index is 0.189. The van der Waals surface area contributed by atoms with E-state index in [0.717, 1.165) is 18.8 Å². The third-order valence-electron chi connectivity index (χ3n) is 2.62. The number of nitrogens with two attached hydrogens (primary N) is 1. The van der Waals surface area contributed by atoms with Gasteiger partial charge in [0.05, 0.1) is 7.11 Å². The van der Waals surface area contributed by atoms with Crippen molar-refractivity contribution in [1.29, 1.82) is 0 Å². The summed E-state index contributed by atoms with van der Waals surface area (Å²) in [7, 11) is 1.52. The maximum absolute atomic E-state index is 5.34. The molecule has 0 bridgehead atoms. The van der Waals surface area contributed by atoms with Crippen LogP contribution in [-0.2, 0) is 0 Å². The van der Waals surface area contributed by atoms with E-state index in [4.69, 9.17) is 10.6 Å². The van der Waals surface area contributed by atoms with Crippen molar-refractivity contribution in [3.8, 4) is 6.01 Å². The number of ether oxygens (including phenoxy) is 1. The van der Waals surface area contributed by atoms with Crippen LogP contribution < -0.4 is 20.9 Å². The molecule has 0 saturated carbocycles. The van der Waals surface area contributed by atoms with Crippen molar-refractivity contribution >= 4 is 23.7 Å². The van der Waals surface area contributed by atoms with E-state index in [2.05, 4.69) is 39.1 Å². The normalized spacial score (nSPS) is 18.6. The number of rotatable bonds is 3. The van der Waals surface area contributed by atoms with Crippen LogP contribution in [-0.4, -0.2) is 45.7 Å². The number of nitrogens with zero attached hydrogens (tertiary/aromatic N) is 4. The van der Waals surface area contributed by atoms with Gasteiger partial charge in [-0.25, -0.2) is 5.84 Å². The fourth-order valence-electron chi connectivity index (χ4n) is 1.83. The predicted octanol–water partition coefficient (Wildman–Crippen LogP) is 0.498. The number of methoxy groups -OCH3 is 1. The lowest BCUT2D eigenvalue weighted by Gasteiger charge is -2.37. The molecule has 1 aromatic heterocycles. The highest BCUT2D eigenvalue weighted by Crippen LogP contribution is 2.31. The Bertz CT molecular complexity index is 405. The molecule has 100 valence electrons. The first-order valence-electron chi connectivity index (χ1n) is 5.70. The third-order valence-corrected chi connectivity index (χ3v) is 3.92. The van der Waals surface area contributed by atoms with Gasteiger partial charge in [-0.1, -0.05) is 0 Å². The molecule has 2 heterocycles. The Balaban J connectivity index is 2.26. The number of nitrogen functional groups attached to an aromatic ring is 1. The lowest BCUT2D eigenvalue weighted by molar-refractivity contribution is 0.378. The largest absolute Gasteiger partial charge is 0.467 e. The molecule has 2 rings (SSSR count). The molecule has 7 nitrogen and oxygen atoms in total.